The molecule has 0 unspecified atom stereocenters. The first-order chi connectivity index (χ1) is 7.45. The molecule has 1 aliphatic carbocycles. The van der Waals surface area contributed by atoms with E-state index in [1.54, 1.807) is 0 Å². The molecule has 0 aliphatic heterocycles. The van der Waals surface area contributed by atoms with Crippen LogP contribution in [-0.4, -0.2) is 5.11 Å². The molecule has 0 fully saturated rings. The maximum absolute atomic E-state index is 10.3. The van der Waals surface area contributed by atoms with Crippen LogP contribution in [-0.2, 0) is 0 Å². The van der Waals surface area contributed by atoms with Crippen molar-refractivity contribution in [3.05, 3.63) is 37.3 Å². The maximum Gasteiger partial charge on any atom is 0.0858 e. The summed E-state index contributed by atoms with van der Waals surface area (Å²) in [5.41, 5.74) is 4.51. The number of aliphatic hydroxyl groups is 1. The normalized spacial score (nSPS) is 23.4. The van der Waals surface area contributed by atoms with Crippen molar-refractivity contribution < 1.29 is 5.11 Å². The summed E-state index contributed by atoms with van der Waals surface area (Å²) in [5, 5.41) is 10.3. The summed E-state index contributed by atoms with van der Waals surface area (Å²) < 4.78 is 2.13. The van der Waals surface area contributed by atoms with Gasteiger partial charge in [0, 0.05) is 14.9 Å². The van der Waals surface area contributed by atoms with Gasteiger partial charge in [-0.3, -0.25) is 0 Å². The van der Waals surface area contributed by atoms with E-state index in [0.29, 0.717) is 0 Å². The molecule has 1 aromatic carbocycles. The van der Waals surface area contributed by atoms with Gasteiger partial charge in [-0.15, -0.1) is 0 Å². The molecule has 0 saturated heterocycles. The average molecular weight is 346 g/mol. The fourth-order valence-corrected chi connectivity index (χ4v) is 3.20. The van der Waals surface area contributed by atoms with Gasteiger partial charge in [-0.05, 0) is 68.0 Å². The van der Waals surface area contributed by atoms with Crippen LogP contribution in [0.15, 0.2) is 15.0 Å². The van der Waals surface area contributed by atoms with Crippen molar-refractivity contribution in [3.63, 3.8) is 0 Å². The molecule has 0 amide bonds. The van der Waals surface area contributed by atoms with Gasteiger partial charge in [-0.2, -0.15) is 0 Å². The monoisotopic (exact) mass is 344 g/mol. The van der Waals surface area contributed by atoms with E-state index in [9.17, 15) is 5.11 Å². The minimum Gasteiger partial charge on any atom is -0.388 e. The van der Waals surface area contributed by atoms with Gasteiger partial charge in [0.2, 0.25) is 0 Å². The lowest BCUT2D eigenvalue weighted by Gasteiger charge is -2.27. The highest BCUT2D eigenvalue weighted by Crippen LogP contribution is 2.42. The van der Waals surface area contributed by atoms with E-state index in [2.05, 4.69) is 50.9 Å². The Morgan fingerprint density at radius 1 is 1.12 bits per heavy atom. The van der Waals surface area contributed by atoms with E-state index < -0.39 is 6.10 Å². The second-order valence-electron chi connectivity index (χ2n) is 4.37. The number of hydrogen-bond acceptors (Lipinski definition) is 1. The lowest BCUT2D eigenvalue weighted by molar-refractivity contribution is 0.137. The SMILES string of the molecule is Cc1c(Br)c(Br)c(C)c2c1C=C[C@@H](C)[C@H]2O. The van der Waals surface area contributed by atoms with E-state index in [0.717, 1.165) is 25.6 Å². The third-order valence-corrected chi connectivity index (χ3v) is 5.82. The third-order valence-electron chi connectivity index (χ3n) is 3.31. The predicted molar refractivity (Wildman–Crippen MR) is 74.5 cm³/mol. The minimum atomic E-state index is -0.400. The average Bonchev–Trinajstić information content (AvgIpc) is 2.27. The first kappa shape index (κ1) is 12.3. The van der Waals surface area contributed by atoms with Crippen LogP contribution in [0.2, 0.25) is 0 Å². The highest BCUT2D eigenvalue weighted by molar-refractivity contribution is 9.13. The molecule has 1 N–H and O–H groups in total. The van der Waals surface area contributed by atoms with Gasteiger partial charge >= 0.3 is 0 Å². The second-order valence-corrected chi connectivity index (χ2v) is 5.95. The summed E-state index contributed by atoms with van der Waals surface area (Å²) in [6.45, 7) is 6.15. The molecule has 0 bridgehead atoms. The fraction of sp³-hybridized carbons (Fsp3) is 0.385. The molecule has 3 heteroatoms. The molecule has 1 nitrogen and oxygen atoms in total. The molecule has 16 heavy (non-hydrogen) atoms. The van der Waals surface area contributed by atoms with E-state index in [1.165, 1.54) is 5.56 Å². The Morgan fingerprint density at radius 3 is 2.31 bits per heavy atom. The van der Waals surface area contributed by atoms with Crippen molar-refractivity contribution in [1.82, 2.24) is 0 Å². The van der Waals surface area contributed by atoms with Crippen LogP contribution in [0, 0.1) is 19.8 Å². The van der Waals surface area contributed by atoms with Crippen molar-refractivity contribution in [2.45, 2.75) is 26.9 Å². The zero-order valence-electron chi connectivity index (χ0n) is 9.51. The first-order valence-corrected chi connectivity index (χ1v) is 6.88. The minimum absolute atomic E-state index is 0.179. The Hall–Kier alpha value is -0.120. The van der Waals surface area contributed by atoms with Crippen LogP contribution in [0.5, 0.6) is 0 Å². The molecule has 1 aliphatic rings. The second kappa shape index (κ2) is 4.28. The summed E-state index contributed by atoms with van der Waals surface area (Å²) >= 11 is 7.16. The number of rotatable bonds is 0. The number of halogens is 2. The van der Waals surface area contributed by atoms with Crippen molar-refractivity contribution >= 4 is 37.9 Å². The van der Waals surface area contributed by atoms with Gasteiger partial charge in [0.25, 0.3) is 0 Å². The van der Waals surface area contributed by atoms with Gasteiger partial charge < -0.3 is 5.11 Å². The Bertz CT molecular complexity index is 478. The smallest absolute Gasteiger partial charge is 0.0858 e. The molecule has 2 atom stereocenters. The molecular weight excluding hydrogens is 332 g/mol. The molecule has 86 valence electrons. The summed E-state index contributed by atoms with van der Waals surface area (Å²) in [6.07, 6.45) is 3.79. The summed E-state index contributed by atoms with van der Waals surface area (Å²) in [5.74, 6) is 0.179. The van der Waals surface area contributed by atoms with Gasteiger partial charge in [0.05, 0.1) is 6.10 Å². The highest BCUT2D eigenvalue weighted by Gasteiger charge is 2.26. The van der Waals surface area contributed by atoms with Gasteiger partial charge in [0.15, 0.2) is 0 Å². The molecule has 0 heterocycles. The maximum atomic E-state index is 10.3. The van der Waals surface area contributed by atoms with Gasteiger partial charge in [-0.1, -0.05) is 19.1 Å². The molecule has 0 spiro atoms. The molecule has 0 aromatic heterocycles. The molecule has 0 radical (unpaired) electrons. The van der Waals surface area contributed by atoms with E-state index >= 15 is 0 Å². The van der Waals surface area contributed by atoms with Crippen molar-refractivity contribution in [3.8, 4) is 0 Å². The van der Waals surface area contributed by atoms with Crippen LogP contribution in [0.1, 0.15) is 35.3 Å². The van der Waals surface area contributed by atoms with Gasteiger partial charge in [0.1, 0.15) is 0 Å². The number of aliphatic hydroxyl groups excluding tert-OH is 1. The van der Waals surface area contributed by atoms with Crippen LogP contribution < -0.4 is 0 Å². The molecule has 1 aromatic rings. The van der Waals surface area contributed by atoms with Gasteiger partial charge in [-0.25, -0.2) is 0 Å². The number of benzene rings is 1. The highest BCUT2D eigenvalue weighted by atomic mass is 79.9. The topological polar surface area (TPSA) is 20.2 Å². The largest absolute Gasteiger partial charge is 0.388 e. The Balaban J connectivity index is 2.79. The Morgan fingerprint density at radius 2 is 1.69 bits per heavy atom. The third kappa shape index (κ3) is 1.69. The molecule has 2 rings (SSSR count). The van der Waals surface area contributed by atoms with E-state index in [4.69, 9.17) is 0 Å². The van der Waals surface area contributed by atoms with Crippen molar-refractivity contribution in [2.24, 2.45) is 5.92 Å². The van der Waals surface area contributed by atoms with Crippen molar-refractivity contribution in [1.29, 1.82) is 0 Å². The van der Waals surface area contributed by atoms with E-state index in [-0.39, 0.29) is 5.92 Å². The number of fused-ring (bicyclic) bond motifs is 1. The Kier molecular flexibility index (Phi) is 3.30. The molecule has 0 saturated carbocycles. The zero-order valence-corrected chi connectivity index (χ0v) is 12.7. The fourth-order valence-electron chi connectivity index (χ4n) is 2.18. The summed E-state index contributed by atoms with van der Waals surface area (Å²) in [7, 11) is 0. The Labute approximate surface area is 113 Å². The summed E-state index contributed by atoms with van der Waals surface area (Å²) in [4.78, 5) is 0. The lowest BCUT2D eigenvalue weighted by Crippen LogP contribution is -2.15. The molecular formula is C13H14Br2O. The van der Waals surface area contributed by atoms with Crippen LogP contribution in [0.25, 0.3) is 6.08 Å². The quantitative estimate of drug-likeness (QED) is 0.732. The predicted octanol–water partition coefficient (Wildman–Crippen LogP) is 4.52. The standard InChI is InChI=1S/C13H14Br2O/c1-6-4-5-9-7(2)11(14)12(15)8(3)10(9)13(6)16/h4-6,13,16H,1-3H3/t6-,13-/m1/s1. The van der Waals surface area contributed by atoms with Crippen LogP contribution in [0.4, 0.5) is 0 Å². The lowest BCUT2D eigenvalue weighted by atomic mass is 9.83. The van der Waals surface area contributed by atoms with Crippen LogP contribution >= 0.6 is 31.9 Å². The van der Waals surface area contributed by atoms with Crippen molar-refractivity contribution in [2.75, 3.05) is 0 Å². The zero-order chi connectivity index (χ0) is 12.0. The van der Waals surface area contributed by atoms with Crippen LogP contribution in [0.3, 0.4) is 0 Å². The number of hydrogen-bond donors (Lipinski definition) is 1. The summed E-state index contributed by atoms with van der Waals surface area (Å²) in [6, 6.07) is 0. The first-order valence-electron chi connectivity index (χ1n) is 5.29. The van der Waals surface area contributed by atoms with E-state index in [1.807, 2.05) is 13.8 Å².